The summed E-state index contributed by atoms with van der Waals surface area (Å²) >= 11 is 0. The number of pyridine rings is 1. The van der Waals surface area contributed by atoms with Crippen LogP contribution in [0.1, 0.15) is 32.0 Å². The molecule has 0 fully saturated rings. The Morgan fingerprint density at radius 1 is 1.36 bits per heavy atom. The first-order valence-electron chi connectivity index (χ1n) is 3.85. The normalized spacial score (nSPS) is 11.6. The van der Waals surface area contributed by atoms with E-state index >= 15 is 0 Å². The Labute approximate surface area is 68.5 Å². The van der Waals surface area contributed by atoms with Crippen LogP contribution in [0.3, 0.4) is 0 Å². The van der Waals surface area contributed by atoms with E-state index in [2.05, 4.69) is 38.0 Å². The van der Waals surface area contributed by atoms with Crippen molar-refractivity contribution in [3.63, 3.8) is 0 Å². The van der Waals surface area contributed by atoms with Crippen molar-refractivity contribution in [2.75, 3.05) is 0 Å². The third kappa shape index (κ3) is 2.04. The van der Waals surface area contributed by atoms with E-state index in [1.807, 2.05) is 13.0 Å². The van der Waals surface area contributed by atoms with Gasteiger partial charge in [-0.3, -0.25) is 4.98 Å². The highest BCUT2D eigenvalue weighted by molar-refractivity contribution is 5.22. The van der Waals surface area contributed by atoms with E-state index < -0.39 is 0 Å². The fraction of sp³-hybridized carbons (Fsp3) is 0.500. The van der Waals surface area contributed by atoms with Gasteiger partial charge in [0.2, 0.25) is 0 Å². The van der Waals surface area contributed by atoms with Crippen LogP contribution in [-0.2, 0) is 5.41 Å². The minimum absolute atomic E-state index is 0.212. The Bertz CT molecular complexity index is 245. The molecule has 0 aliphatic carbocycles. The monoisotopic (exact) mass is 148 g/mol. The molecule has 1 heteroatoms. The van der Waals surface area contributed by atoms with Gasteiger partial charge in [0.05, 0.1) is 6.20 Å². The molecule has 0 bridgehead atoms. The van der Waals surface area contributed by atoms with Gasteiger partial charge in [-0.1, -0.05) is 20.8 Å². The lowest BCUT2D eigenvalue weighted by Gasteiger charge is -2.18. The maximum absolute atomic E-state index is 4.03. The quantitative estimate of drug-likeness (QED) is 0.551. The SMILES string of the molecule is Cc1cc(C(C)(C)C)c[c]n1. The second kappa shape index (κ2) is 2.65. The van der Waals surface area contributed by atoms with Gasteiger partial charge < -0.3 is 0 Å². The van der Waals surface area contributed by atoms with E-state index in [1.165, 1.54) is 5.56 Å². The summed E-state index contributed by atoms with van der Waals surface area (Å²) in [5.74, 6) is 0. The maximum atomic E-state index is 4.03. The summed E-state index contributed by atoms with van der Waals surface area (Å²) in [5, 5.41) is 0. The van der Waals surface area contributed by atoms with Crippen molar-refractivity contribution in [2.24, 2.45) is 0 Å². The average Bonchev–Trinajstić information content (AvgIpc) is 1.86. The molecule has 1 radical (unpaired) electrons. The fourth-order valence-electron chi connectivity index (χ4n) is 0.936. The number of rotatable bonds is 0. The molecule has 1 heterocycles. The van der Waals surface area contributed by atoms with Crippen molar-refractivity contribution in [1.82, 2.24) is 4.98 Å². The predicted molar refractivity (Wildman–Crippen MR) is 46.5 cm³/mol. The summed E-state index contributed by atoms with van der Waals surface area (Å²) in [7, 11) is 0. The van der Waals surface area contributed by atoms with Crippen molar-refractivity contribution in [1.29, 1.82) is 0 Å². The molecule has 0 saturated heterocycles. The molecule has 0 N–H and O–H groups in total. The minimum atomic E-state index is 0.212. The van der Waals surface area contributed by atoms with Crippen molar-refractivity contribution < 1.29 is 0 Å². The lowest BCUT2D eigenvalue weighted by molar-refractivity contribution is 0.588. The molecule has 1 aromatic heterocycles. The largest absolute Gasteiger partial charge is 0.251 e. The van der Waals surface area contributed by atoms with E-state index in [1.54, 1.807) is 0 Å². The molecule has 1 nitrogen and oxygen atoms in total. The smallest absolute Gasteiger partial charge is 0.0892 e. The van der Waals surface area contributed by atoms with E-state index in [9.17, 15) is 0 Å². The molecule has 0 unspecified atom stereocenters. The van der Waals surface area contributed by atoms with Crippen molar-refractivity contribution in [3.8, 4) is 0 Å². The third-order valence-electron chi connectivity index (χ3n) is 1.69. The molecular weight excluding hydrogens is 134 g/mol. The Hall–Kier alpha value is -0.850. The van der Waals surface area contributed by atoms with Gasteiger partial charge in [-0.25, -0.2) is 0 Å². The van der Waals surface area contributed by atoms with Crippen molar-refractivity contribution in [2.45, 2.75) is 33.1 Å². The number of nitrogens with zero attached hydrogens (tertiary/aromatic N) is 1. The van der Waals surface area contributed by atoms with Gasteiger partial charge >= 0.3 is 0 Å². The van der Waals surface area contributed by atoms with Gasteiger partial charge in [0.1, 0.15) is 0 Å². The fourth-order valence-corrected chi connectivity index (χ4v) is 0.936. The Morgan fingerprint density at radius 2 is 2.00 bits per heavy atom. The van der Waals surface area contributed by atoms with E-state index in [0.717, 1.165) is 5.69 Å². The first-order valence-corrected chi connectivity index (χ1v) is 3.85. The van der Waals surface area contributed by atoms with Crippen LogP contribution >= 0.6 is 0 Å². The molecule has 0 atom stereocenters. The summed E-state index contributed by atoms with van der Waals surface area (Å²) in [4.78, 5) is 4.03. The van der Waals surface area contributed by atoms with Crippen LogP contribution in [0.2, 0.25) is 0 Å². The van der Waals surface area contributed by atoms with Crippen LogP contribution in [-0.4, -0.2) is 4.98 Å². The summed E-state index contributed by atoms with van der Waals surface area (Å²) in [6.07, 6.45) is 2.89. The summed E-state index contributed by atoms with van der Waals surface area (Å²) < 4.78 is 0. The highest BCUT2D eigenvalue weighted by Gasteiger charge is 2.12. The van der Waals surface area contributed by atoms with Crippen LogP contribution in [0.4, 0.5) is 0 Å². The highest BCUT2D eigenvalue weighted by atomic mass is 14.6. The molecule has 11 heavy (non-hydrogen) atoms. The van der Waals surface area contributed by atoms with Crippen LogP contribution < -0.4 is 0 Å². The first-order chi connectivity index (χ1) is 5.00. The topological polar surface area (TPSA) is 12.9 Å². The second-order valence-electron chi connectivity index (χ2n) is 3.88. The highest BCUT2D eigenvalue weighted by Crippen LogP contribution is 2.21. The molecule has 0 aliphatic heterocycles. The summed E-state index contributed by atoms with van der Waals surface area (Å²) in [6, 6.07) is 4.06. The van der Waals surface area contributed by atoms with Crippen LogP contribution in [0.15, 0.2) is 12.1 Å². The zero-order chi connectivity index (χ0) is 8.48. The lowest BCUT2D eigenvalue weighted by Crippen LogP contribution is -2.11. The van der Waals surface area contributed by atoms with E-state index in [0.29, 0.717) is 0 Å². The zero-order valence-electron chi connectivity index (χ0n) is 7.60. The number of hydrogen-bond donors (Lipinski definition) is 0. The van der Waals surface area contributed by atoms with Gasteiger partial charge in [0.15, 0.2) is 0 Å². The summed E-state index contributed by atoms with van der Waals surface area (Å²) in [6.45, 7) is 8.56. The first kappa shape index (κ1) is 8.25. The van der Waals surface area contributed by atoms with Gasteiger partial charge in [0, 0.05) is 5.69 Å². The molecule has 1 aromatic rings. The lowest BCUT2D eigenvalue weighted by atomic mass is 9.87. The van der Waals surface area contributed by atoms with Gasteiger partial charge in [-0.05, 0) is 30.0 Å². The molecule has 0 aliphatic rings. The van der Waals surface area contributed by atoms with Gasteiger partial charge in [-0.15, -0.1) is 0 Å². The maximum Gasteiger partial charge on any atom is 0.0892 e. The van der Waals surface area contributed by atoms with Crippen molar-refractivity contribution >= 4 is 0 Å². The Kier molecular flexibility index (Phi) is 1.99. The standard InChI is InChI=1S/C10H14N/c1-8-7-9(5-6-11-8)10(2,3)4/h5,7H,1-4H3. The van der Waals surface area contributed by atoms with E-state index in [-0.39, 0.29) is 5.41 Å². The Morgan fingerprint density at radius 3 is 2.36 bits per heavy atom. The third-order valence-corrected chi connectivity index (χ3v) is 1.69. The molecule has 0 saturated carbocycles. The Balaban J connectivity index is 3.06. The molecular formula is C10H14N. The van der Waals surface area contributed by atoms with Crippen molar-refractivity contribution in [3.05, 3.63) is 29.6 Å². The molecule has 0 aromatic carbocycles. The van der Waals surface area contributed by atoms with Crippen LogP contribution in [0, 0.1) is 13.1 Å². The molecule has 0 spiro atoms. The second-order valence-corrected chi connectivity index (χ2v) is 3.88. The minimum Gasteiger partial charge on any atom is -0.251 e. The molecule has 0 amide bonds. The molecule has 1 rings (SSSR count). The predicted octanol–water partition coefficient (Wildman–Crippen LogP) is 2.49. The number of hydrogen-bond acceptors (Lipinski definition) is 1. The number of aromatic nitrogens is 1. The van der Waals surface area contributed by atoms with Crippen LogP contribution in [0.5, 0.6) is 0 Å². The molecule has 59 valence electrons. The van der Waals surface area contributed by atoms with Crippen LogP contribution in [0.25, 0.3) is 0 Å². The number of aryl methyl sites for hydroxylation is 1. The van der Waals surface area contributed by atoms with E-state index in [4.69, 9.17) is 0 Å². The van der Waals surface area contributed by atoms with Gasteiger partial charge in [-0.2, -0.15) is 0 Å². The zero-order valence-corrected chi connectivity index (χ0v) is 7.60. The average molecular weight is 148 g/mol. The summed E-state index contributed by atoms with van der Waals surface area (Å²) in [5.41, 5.74) is 2.55. The van der Waals surface area contributed by atoms with Gasteiger partial charge in [0.25, 0.3) is 0 Å².